The average molecular weight is 522 g/mol. The molecule has 2 aromatic rings. The lowest BCUT2D eigenvalue weighted by molar-refractivity contribution is 0.0437. The van der Waals surface area contributed by atoms with Crippen molar-refractivity contribution in [3.05, 3.63) is 54.5 Å². The first-order valence-electron chi connectivity index (χ1n) is 8.68. The molecule has 0 fully saturated rings. The Kier molecular flexibility index (Phi) is 9.93. The summed E-state index contributed by atoms with van der Waals surface area (Å²) < 4.78 is 32.1. The number of aliphatic hydroxyl groups is 1. The third-order valence-corrected chi connectivity index (χ3v) is 5.18. The third-order valence-electron chi connectivity index (χ3n) is 3.70. The minimum atomic E-state index is -3.54. The van der Waals surface area contributed by atoms with E-state index in [2.05, 4.69) is 20.3 Å². The van der Waals surface area contributed by atoms with Crippen LogP contribution in [-0.2, 0) is 15.6 Å². The minimum absolute atomic E-state index is 0. The van der Waals surface area contributed by atoms with Crippen LogP contribution in [0.4, 0.5) is 0 Å². The van der Waals surface area contributed by atoms with E-state index < -0.39 is 15.6 Å². The van der Waals surface area contributed by atoms with Gasteiger partial charge in [-0.1, -0.05) is 18.2 Å². The van der Waals surface area contributed by atoms with E-state index in [9.17, 15) is 13.5 Å². The molecular formula is C18H27IN4O4S. The van der Waals surface area contributed by atoms with Crippen LogP contribution in [0, 0.1) is 0 Å². The monoisotopic (exact) mass is 522 g/mol. The number of sulfonamides is 1. The van der Waals surface area contributed by atoms with Crippen molar-refractivity contribution < 1.29 is 17.9 Å². The number of aliphatic imine (C=N–C) groups is 1. The van der Waals surface area contributed by atoms with Gasteiger partial charge in [0.25, 0.3) is 0 Å². The zero-order valence-corrected chi connectivity index (χ0v) is 19.0. The predicted molar refractivity (Wildman–Crippen MR) is 119 cm³/mol. The van der Waals surface area contributed by atoms with Gasteiger partial charge < -0.3 is 20.2 Å². The summed E-state index contributed by atoms with van der Waals surface area (Å²) in [4.78, 5) is 4.56. The van der Waals surface area contributed by atoms with Gasteiger partial charge in [0.05, 0.1) is 17.7 Å². The fraction of sp³-hybridized carbons (Fsp3) is 0.389. The summed E-state index contributed by atoms with van der Waals surface area (Å²) >= 11 is 0. The highest BCUT2D eigenvalue weighted by Gasteiger charge is 2.26. The van der Waals surface area contributed by atoms with E-state index in [1.54, 1.807) is 37.3 Å². The number of benzene rings is 1. The summed E-state index contributed by atoms with van der Waals surface area (Å²) in [6.45, 7) is 4.78. The van der Waals surface area contributed by atoms with E-state index in [0.29, 0.717) is 24.8 Å². The summed E-state index contributed by atoms with van der Waals surface area (Å²) in [6.07, 6.45) is 1.50. The standard InChI is InChI=1S/C18H26N4O4S.HI/c1-3-19-17(21-14-18(2,23)16-10-7-13-26-16)20-11-12-22-27(24,25)15-8-5-4-6-9-15;/h4-10,13,22-23H,3,11-12,14H2,1-2H3,(H2,19,20,21);1H. The maximum absolute atomic E-state index is 12.2. The molecule has 0 bridgehead atoms. The maximum Gasteiger partial charge on any atom is 0.240 e. The topological polar surface area (TPSA) is 116 Å². The molecule has 0 aliphatic carbocycles. The molecule has 4 N–H and O–H groups in total. The number of rotatable bonds is 9. The van der Waals surface area contributed by atoms with Crippen LogP contribution in [0.3, 0.4) is 0 Å². The van der Waals surface area contributed by atoms with Gasteiger partial charge in [-0.2, -0.15) is 0 Å². The summed E-state index contributed by atoms with van der Waals surface area (Å²) in [5.41, 5.74) is -1.24. The number of nitrogens with one attached hydrogen (secondary N) is 3. The molecule has 0 aliphatic heterocycles. The van der Waals surface area contributed by atoms with Crippen molar-refractivity contribution in [2.24, 2.45) is 4.99 Å². The van der Waals surface area contributed by atoms with Gasteiger partial charge in [0.2, 0.25) is 10.0 Å². The van der Waals surface area contributed by atoms with Crippen molar-refractivity contribution in [1.29, 1.82) is 0 Å². The first kappa shape index (κ1) is 24.4. The van der Waals surface area contributed by atoms with Crippen LogP contribution in [0.2, 0.25) is 0 Å². The van der Waals surface area contributed by atoms with Crippen molar-refractivity contribution in [3.63, 3.8) is 0 Å². The smallest absolute Gasteiger partial charge is 0.240 e. The van der Waals surface area contributed by atoms with Crippen LogP contribution < -0.4 is 15.4 Å². The van der Waals surface area contributed by atoms with Gasteiger partial charge in [-0.05, 0) is 38.1 Å². The average Bonchev–Trinajstić information content (AvgIpc) is 3.20. The fourth-order valence-electron chi connectivity index (χ4n) is 2.29. The Hall–Kier alpha value is -1.63. The van der Waals surface area contributed by atoms with Crippen LogP contribution >= 0.6 is 24.0 Å². The van der Waals surface area contributed by atoms with Gasteiger partial charge in [0.1, 0.15) is 11.4 Å². The van der Waals surface area contributed by atoms with Crippen molar-refractivity contribution in [1.82, 2.24) is 15.4 Å². The lowest BCUT2D eigenvalue weighted by atomic mass is 10.0. The van der Waals surface area contributed by atoms with E-state index >= 15 is 0 Å². The van der Waals surface area contributed by atoms with Crippen molar-refractivity contribution in [2.45, 2.75) is 24.3 Å². The van der Waals surface area contributed by atoms with Gasteiger partial charge in [-0.3, -0.25) is 0 Å². The predicted octanol–water partition coefficient (Wildman–Crippen LogP) is 1.64. The molecule has 1 aromatic carbocycles. The molecule has 0 aliphatic rings. The normalized spacial score (nSPS) is 14.0. The number of nitrogens with zero attached hydrogens (tertiary/aromatic N) is 1. The van der Waals surface area contributed by atoms with Crippen molar-refractivity contribution >= 4 is 40.0 Å². The van der Waals surface area contributed by atoms with Gasteiger partial charge in [-0.25, -0.2) is 18.1 Å². The molecule has 0 spiro atoms. The SMILES string of the molecule is CCNC(=NCC(C)(O)c1ccco1)NCCNS(=O)(=O)c1ccccc1.I. The fourth-order valence-corrected chi connectivity index (χ4v) is 3.34. The number of halogens is 1. The zero-order valence-electron chi connectivity index (χ0n) is 15.9. The van der Waals surface area contributed by atoms with Crippen LogP contribution in [-0.4, -0.2) is 45.7 Å². The van der Waals surface area contributed by atoms with Crippen LogP contribution in [0.5, 0.6) is 0 Å². The first-order valence-corrected chi connectivity index (χ1v) is 10.2. The molecule has 1 aromatic heterocycles. The zero-order chi connectivity index (χ0) is 19.8. The van der Waals surface area contributed by atoms with Gasteiger partial charge >= 0.3 is 0 Å². The number of furan rings is 1. The van der Waals surface area contributed by atoms with Crippen molar-refractivity contribution in [2.75, 3.05) is 26.2 Å². The summed E-state index contributed by atoms with van der Waals surface area (Å²) in [5, 5.41) is 16.5. The molecular weight excluding hydrogens is 495 g/mol. The molecule has 0 amide bonds. The number of hydrogen-bond donors (Lipinski definition) is 4. The van der Waals surface area contributed by atoms with E-state index in [1.807, 2.05) is 6.92 Å². The first-order chi connectivity index (χ1) is 12.8. The molecule has 8 nitrogen and oxygen atoms in total. The lowest BCUT2D eigenvalue weighted by Gasteiger charge is -2.19. The summed E-state index contributed by atoms with van der Waals surface area (Å²) in [7, 11) is -3.54. The molecule has 0 saturated heterocycles. The van der Waals surface area contributed by atoms with Gasteiger partial charge in [-0.15, -0.1) is 24.0 Å². The Morgan fingerprint density at radius 2 is 1.86 bits per heavy atom. The second-order valence-corrected chi connectivity index (χ2v) is 7.85. The Bertz CT molecular complexity index is 825. The quantitative estimate of drug-likeness (QED) is 0.172. The summed E-state index contributed by atoms with van der Waals surface area (Å²) in [6, 6.07) is 11.6. The molecule has 1 unspecified atom stereocenters. The highest BCUT2D eigenvalue weighted by molar-refractivity contribution is 14.0. The Balaban J connectivity index is 0.00000392. The molecule has 156 valence electrons. The number of guanidine groups is 1. The summed E-state index contributed by atoms with van der Waals surface area (Å²) in [5.74, 6) is 0.904. The molecule has 0 radical (unpaired) electrons. The van der Waals surface area contributed by atoms with Gasteiger partial charge in [0.15, 0.2) is 5.96 Å². The molecule has 1 heterocycles. The van der Waals surface area contributed by atoms with E-state index in [1.165, 1.54) is 18.4 Å². The largest absolute Gasteiger partial charge is 0.466 e. The van der Waals surface area contributed by atoms with Gasteiger partial charge in [0, 0.05) is 19.6 Å². The van der Waals surface area contributed by atoms with Crippen LogP contribution in [0.15, 0.2) is 63.0 Å². The van der Waals surface area contributed by atoms with Crippen LogP contribution in [0.25, 0.3) is 0 Å². The Morgan fingerprint density at radius 1 is 1.14 bits per heavy atom. The minimum Gasteiger partial charge on any atom is -0.466 e. The second kappa shape index (κ2) is 11.4. The third kappa shape index (κ3) is 7.41. The molecule has 0 saturated carbocycles. The number of hydrogen-bond acceptors (Lipinski definition) is 5. The molecule has 2 rings (SSSR count). The second-order valence-electron chi connectivity index (χ2n) is 6.08. The van der Waals surface area contributed by atoms with Crippen LogP contribution in [0.1, 0.15) is 19.6 Å². The highest BCUT2D eigenvalue weighted by atomic mass is 127. The van der Waals surface area contributed by atoms with E-state index in [0.717, 1.165) is 0 Å². The maximum atomic E-state index is 12.2. The van der Waals surface area contributed by atoms with Crippen molar-refractivity contribution in [3.8, 4) is 0 Å². The van der Waals surface area contributed by atoms with E-state index in [-0.39, 0.29) is 42.0 Å². The molecule has 1 atom stereocenters. The highest BCUT2D eigenvalue weighted by Crippen LogP contribution is 2.20. The lowest BCUT2D eigenvalue weighted by Crippen LogP contribution is -2.42. The Morgan fingerprint density at radius 3 is 2.46 bits per heavy atom. The Labute approximate surface area is 182 Å². The van der Waals surface area contributed by atoms with E-state index in [4.69, 9.17) is 4.42 Å². The molecule has 28 heavy (non-hydrogen) atoms. The molecule has 10 heteroatoms.